The maximum atomic E-state index is 14.0. The molecule has 0 spiro atoms. The molecule has 1 aliphatic carbocycles. The maximum Gasteiger partial charge on any atom is 0.264 e. The van der Waals surface area contributed by atoms with Gasteiger partial charge >= 0.3 is 0 Å². The summed E-state index contributed by atoms with van der Waals surface area (Å²) in [5.41, 5.74) is -0.660. The zero-order chi connectivity index (χ0) is 15.6. The van der Waals surface area contributed by atoms with Gasteiger partial charge in [-0.3, -0.25) is 4.79 Å². The SMILES string of the molecule is O=C(NCC1CCCC1)c1cc(F)cc(S(=O)(=O)Cl)c1F. The Morgan fingerprint density at radius 1 is 1.29 bits per heavy atom. The van der Waals surface area contributed by atoms with Gasteiger partial charge in [0, 0.05) is 17.2 Å². The Bertz CT molecular complexity index is 658. The van der Waals surface area contributed by atoms with E-state index in [2.05, 4.69) is 5.32 Å². The average Bonchev–Trinajstić information content (AvgIpc) is 2.90. The highest BCUT2D eigenvalue weighted by molar-refractivity contribution is 8.13. The number of amides is 1. The highest BCUT2D eigenvalue weighted by Gasteiger charge is 2.25. The van der Waals surface area contributed by atoms with Crippen LogP contribution in [0, 0.1) is 17.6 Å². The summed E-state index contributed by atoms with van der Waals surface area (Å²) in [4.78, 5) is 10.9. The van der Waals surface area contributed by atoms with Crippen molar-refractivity contribution in [2.75, 3.05) is 6.54 Å². The summed E-state index contributed by atoms with van der Waals surface area (Å²) in [6.07, 6.45) is 4.13. The van der Waals surface area contributed by atoms with Crippen LogP contribution < -0.4 is 5.32 Å². The summed E-state index contributed by atoms with van der Waals surface area (Å²) in [6.45, 7) is 0.359. The van der Waals surface area contributed by atoms with Crippen molar-refractivity contribution in [2.24, 2.45) is 5.92 Å². The number of halogens is 3. The topological polar surface area (TPSA) is 63.2 Å². The lowest BCUT2D eigenvalue weighted by Crippen LogP contribution is -2.29. The van der Waals surface area contributed by atoms with Gasteiger partial charge in [-0.05, 0) is 30.9 Å². The molecule has 1 fully saturated rings. The molecule has 2 rings (SSSR count). The second kappa shape index (κ2) is 6.27. The van der Waals surface area contributed by atoms with Gasteiger partial charge in [-0.2, -0.15) is 0 Å². The van der Waals surface area contributed by atoms with Crippen LogP contribution in [-0.4, -0.2) is 20.9 Å². The van der Waals surface area contributed by atoms with E-state index in [1.807, 2.05) is 0 Å². The quantitative estimate of drug-likeness (QED) is 0.859. The lowest BCUT2D eigenvalue weighted by molar-refractivity contribution is 0.0942. The van der Waals surface area contributed by atoms with Gasteiger partial charge in [0.15, 0.2) is 5.82 Å². The van der Waals surface area contributed by atoms with Crippen LogP contribution >= 0.6 is 10.7 Å². The van der Waals surface area contributed by atoms with Gasteiger partial charge in [-0.25, -0.2) is 17.2 Å². The monoisotopic (exact) mass is 337 g/mol. The Hall–Kier alpha value is -1.21. The molecule has 8 heteroatoms. The number of nitrogens with one attached hydrogen (secondary N) is 1. The van der Waals surface area contributed by atoms with Crippen molar-refractivity contribution in [1.29, 1.82) is 0 Å². The second-order valence-electron chi connectivity index (χ2n) is 5.06. The Morgan fingerprint density at radius 2 is 1.90 bits per heavy atom. The zero-order valence-electron chi connectivity index (χ0n) is 11.0. The molecule has 1 saturated carbocycles. The minimum absolute atomic E-state index is 0.321. The van der Waals surface area contributed by atoms with E-state index >= 15 is 0 Å². The van der Waals surface area contributed by atoms with Crippen LogP contribution in [0.3, 0.4) is 0 Å². The van der Waals surface area contributed by atoms with Crippen LogP contribution in [0.2, 0.25) is 0 Å². The van der Waals surface area contributed by atoms with Crippen LogP contribution in [-0.2, 0) is 9.05 Å². The maximum absolute atomic E-state index is 14.0. The molecule has 0 aromatic heterocycles. The third-order valence-corrected chi connectivity index (χ3v) is 4.86. The van der Waals surface area contributed by atoms with E-state index in [1.54, 1.807) is 0 Å². The van der Waals surface area contributed by atoms with Gasteiger partial charge in [0.2, 0.25) is 0 Å². The fourth-order valence-corrected chi connectivity index (χ4v) is 3.37. The minimum atomic E-state index is -4.47. The first-order valence-corrected chi connectivity index (χ1v) is 8.82. The molecule has 4 nitrogen and oxygen atoms in total. The van der Waals surface area contributed by atoms with Gasteiger partial charge in [0.25, 0.3) is 15.0 Å². The lowest BCUT2D eigenvalue weighted by Gasteiger charge is -2.12. The second-order valence-corrected chi connectivity index (χ2v) is 7.60. The molecule has 1 aromatic rings. The summed E-state index contributed by atoms with van der Waals surface area (Å²) in [6, 6.07) is 1.11. The predicted octanol–water partition coefficient (Wildman–Crippen LogP) is 2.81. The van der Waals surface area contributed by atoms with E-state index in [1.165, 1.54) is 0 Å². The average molecular weight is 338 g/mol. The molecule has 0 heterocycles. The first-order chi connectivity index (χ1) is 9.79. The first-order valence-electron chi connectivity index (χ1n) is 6.51. The van der Waals surface area contributed by atoms with Crippen LogP contribution in [0.15, 0.2) is 17.0 Å². The molecule has 0 saturated heterocycles. The van der Waals surface area contributed by atoms with Crippen LogP contribution in [0.5, 0.6) is 0 Å². The smallest absolute Gasteiger partial charge is 0.264 e. The molecular formula is C13H14ClF2NO3S. The molecule has 1 aliphatic rings. The van der Waals surface area contributed by atoms with Crippen molar-refractivity contribution < 1.29 is 22.0 Å². The standard InChI is InChI=1S/C13H14ClF2NO3S/c14-21(19,20)11-6-9(15)5-10(12(11)16)13(18)17-7-8-3-1-2-4-8/h5-6,8H,1-4,7H2,(H,17,18). The van der Waals surface area contributed by atoms with Crippen molar-refractivity contribution >= 4 is 25.6 Å². The third kappa shape index (κ3) is 3.91. The van der Waals surface area contributed by atoms with Crippen LogP contribution in [0.4, 0.5) is 8.78 Å². The fraction of sp³-hybridized carbons (Fsp3) is 0.462. The van der Waals surface area contributed by atoms with E-state index < -0.39 is 37.1 Å². The first kappa shape index (κ1) is 16.2. The predicted molar refractivity (Wildman–Crippen MR) is 73.7 cm³/mol. The molecule has 21 heavy (non-hydrogen) atoms. The Balaban J connectivity index is 2.22. The summed E-state index contributed by atoms with van der Waals surface area (Å²) in [7, 11) is 0.562. The molecular weight excluding hydrogens is 324 g/mol. The van der Waals surface area contributed by atoms with Crippen molar-refractivity contribution in [3.8, 4) is 0 Å². The summed E-state index contributed by atoms with van der Waals surface area (Å²) in [5.74, 6) is -2.90. The molecule has 0 unspecified atom stereocenters. The summed E-state index contributed by atoms with van der Waals surface area (Å²) >= 11 is 0. The molecule has 0 atom stereocenters. The van der Waals surface area contributed by atoms with Crippen molar-refractivity contribution in [3.05, 3.63) is 29.3 Å². The molecule has 0 radical (unpaired) electrons. The summed E-state index contributed by atoms with van der Waals surface area (Å²) in [5, 5.41) is 2.50. The Morgan fingerprint density at radius 3 is 2.48 bits per heavy atom. The molecule has 1 N–H and O–H groups in total. The van der Waals surface area contributed by atoms with Crippen LogP contribution in [0.1, 0.15) is 36.0 Å². The highest BCUT2D eigenvalue weighted by Crippen LogP contribution is 2.25. The van der Waals surface area contributed by atoms with E-state index in [0.717, 1.165) is 25.7 Å². The van der Waals surface area contributed by atoms with E-state index in [9.17, 15) is 22.0 Å². The minimum Gasteiger partial charge on any atom is -0.352 e. The van der Waals surface area contributed by atoms with E-state index in [-0.39, 0.29) is 0 Å². The number of hydrogen-bond donors (Lipinski definition) is 1. The van der Waals surface area contributed by atoms with Gasteiger partial charge in [0.05, 0.1) is 5.56 Å². The van der Waals surface area contributed by atoms with E-state index in [4.69, 9.17) is 10.7 Å². The van der Waals surface area contributed by atoms with Crippen molar-refractivity contribution in [2.45, 2.75) is 30.6 Å². The third-order valence-electron chi connectivity index (χ3n) is 3.54. The Kier molecular flexibility index (Phi) is 4.83. The van der Waals surface area contributed by atoms with Crippen molar-refractivity contribution in [3.63, 3.8) is 0 Å². The molecule has 0 bridgehead atoms. The summed E-state index contributed by atoms with van der Waals surface area (Å²) < 4.78 is 49.7. The molecule has 116 valence electrons. The number of rotatable bonds is 4. The Labute approximate surface area is 125 Å². The number of hydrogen-bond acceptors (Lipinski definition) is 3. The highest BCUT2D eigenvalue weighted by atomic mass is 35.7. The van der Waals surface area contributed by atoms with Gasteiger partial charge < -0.3 is 5.32 Å². The zero-order valence-corrected chi connectivity index (χ0v) is 12.6. The van der Waals surface area contributed by atoms with Gasteiger partial charge in [0.1, 0.15) is 10.7 Å². The largest absolute Gasteiger partial charge is 0.352 e. The van der Waals surface area contributed by atoms with Gasteiger partial charge in [-0.15, -0.1) is 0 Å². The molecule has 1 amide bonds. The normalized spacial score (nSPS) is 16.1. The number of carbonyl (C=O) groups is 1. The van der Waals surface area contributed by atoms with Gasteiger partial charge in [-0.1, -0.05) is 12.8 Å². The number of benzene rings is 1. The van der Waals surface area contributed by atoms with Crippen LogP contribution in [0.25, 0.3) is 0 Å². The van der Waals surface area contributed by atoms with Crippen molar-refractivity contribution in [1.82, 2.24) is 5.32 Å². The van der Waals surface area contributed by atoms with E-state index in [0.29, 0.717) is 24.6 Å². The molecule has 1 aromatic carbocycles. The fourth-order valence-electron chi connectivity index (χ4n) is 2.45. The molecule has 0 aliphatic heterocycles. The number of carbonyl (C=O) groups excluding carboxylic acids is 1. The lowest BCUT2D eigenvalue weighted by atomic mass is 10.1.